The monoisotopic (exact) mass is 254 g/mol. The molecule has 1 fully saturated rings. The molecule has 1 N–H and O–H groups in total. The SMILES string of the molecule is COCCCN/C(=C\CC(C)C)N1CCC(C)C1. The van der Waals surface area contributed by atoms with E-state index in [0.717, 1.165) is 37.8 Å². The minimum absolute atomic E-state index is 0.723. The molecule has 1 rings (SSSR count). The maximum Gasteiger partial charge on any atom is 0.0971 e. The third kappa shape index (κ3) is 5.76. The van der Waals surface area contributed by atoms with Gasteiger partial charge >= 0.3 is 0 Å². The molecule has 1 unspecified atom stereocenters. The number of hydrogen-bond acceptors (Lipinski definition) is 3. The van der Waals surface area contributed by atoms with Crippen molar-refractivity contribution in [3.63, 3.8) is 0 Å². The molecule has 0 bridgehead atoms. The molecule has 0 amide bonds. The van der Waals surface area contributed by atoms with Gasteiger partial charge in [-0.1, -0.05) is 20.8 Å². The lowest BCUT2D eigenvalue weighted by Gasteiger charge is -2.24. The van der Waals surface area contributed by atoms with Crippen LogP contribution in [0.3, 0.4) is 0 Å². The lowest BCUT2D eigenvalue weighted by Crippen LogP contribution is -2.31. The molecule has 0 saturated carbocycles. The zero-order chi connectivity index (χ0) is 13.4. The van der Waals surface area contributed by atoms with E-state index in [9.17, 15) is 0 Å². The van der Waals surface area contributed by atoms with Crippen LogP contribution in [0.2, 0.25) is 0 Å². The fraction of sp³-hybridized carbons (Fsp3) is 0.867. The van der Waals surface area contributed by atoms with Gasteiger partial charge in [-0.25, -0.2) is 0 Å². The van der Waals surface area contributed by atoms with Crippen molar-refractivity contribution in [2.75, 3.05) is 33.4 Å². The van der Waals surface area contributed by atoms with Gasteiger partial charge in [-0.15, -0.1) is 0 Å². The first-order chi connectivity index (χ1) is 8.63. The molecule has 3 heteroatoms. The highest BCUT2D eigenvalue weighted by atomic mass is 16.5. The van der Waals surface area contributed by atoms with Crippen LogP contribution in [0.4, 0.5) is 0 Å². The van der Waals surface area contributed by atoms with Crippen molar-refractivity contribution >= 4 is 0 Å². The number of allylic oxidation sites excluding steroid dienone is 1. The predicted molar refractivity (Wildman–Crippen MR) is 77.4 cm³/mol. The van der Waals surface area contributed by atoms with Crippen molar-refractivity contribution in [3.8, 4) is 0 Å². The summed E-state index contributed by atoms with van der Waals surface area (Å²) in [7, 11) is 1.76. The molecule has 0 aromatic carbocycles. The fourth-order valence-corrected chi connectivity index (χ4v) is 2.25. The topological polar surface area (TPSA) is 24.5 Å². The van der Waals surface area contributed by atoms with E-state index in [1.807, 2.05) is 0 Å². The Balaban J connectivity index is 2.44. The number of likely N-dealkylation sites (tertiary alicyclic amines) is 1. The number of hydrogen-bond donors (Lipinski definition) is 1. The van der Waals surface area contributed by atoms with Gasteiger partial charge in [0.15, 0.2) is 0 Å². The summed E-state index contributed by atoms with van der Waals surface area (Å²) in [6.07, 6.45) is 5.91. The summed E-state index contributed by atoms with van der Waals surface area (Å²) in [4.78, 5) is 2.50. The minimum Gasteiger partial charge on any atom is -0.385 e. The van der Waals surface area contributed by atoms with Crippen molar-refractivity contribution in [1.29, 1.82) is 0 Å². The van der Waals surface area contributed by atoms with Crippen LogP contribution in [-0.2, 0) is 4.74 Å². The summed E-state index contributed by atoms with van der Waals surface area (Å²) in [5.41, 5.74) is 0. The normalized spacial score (nSPS) is 20.8. The smallest absolute Gasteiger partial charge is 0.0971 e. The molecule has 18 heavy (non-hydrogen) atoms. The zero-order valence-corrected chi connectivity index (χ0v) is 12.5. The second kappa shape index (κ2) is 8.41. The van der Waals surface area contributed by atoms with Gasteiger partial charge in [-0.2, -0.15) is 0 Å². The van der Waals surface area contributed by atoms with E-state index in [-0.39, 0.29) is 0 Å². The van der Waals surface area contributed by atoms with Crippen LogP contribution in [0.25, 0.3) is 0 Å². The number of nitrogens with zero attached hydrogens (tertiary/aromatic N) is 1. The molecule has 1 aliphatic heterocycles. The Kier molecular flexibility index (Phi) is 7.18. The zero-order valence-electron chi connectivity index (χ0n) is 12.5. The Morgan fingerprint density at radius 2 is 2.28 bits per heavy atom. The maximum absolute atomic E-state index is 5.09. The quantitative estimate of drug-likeness (QED) is 0.674. The number of nitrogens with one attached hydrogen (secondary N) is 1. The van der Waals surface area contributed by atoms with Gasteiger partial charge in [0, 0.05) is 33.4 Å². The van der Waals surface area contributed by atoms with E-state index in [2.05, 4.69) is 37.1 Å². The van der Waals surface area contributed by atoms with Crippen LogP contribution in [0, 0.1) is 11.8 Å². The lowest BCUT2D eigenvalue weighted by molar-refractivity contribution is 0.194. The van der Waals surface area contributed by atoms with Crippen LogP contribution in [0.5, 0.6) is 0 Å². The van der Waals surface area contributed by atoms with E-state index in [1.165, 1.54) is 25.3 Å². The highest BCUT2D eigenvalue weighted by Gasteiger charge is 2.20. The summed E-state index contributed by atoms with van der Waals surface area (Å²) in [5, 5.41) is 3.58. The Bertz CT molecular complexity index is 251. The van der Waals surface area contributed by atoms with Crippen LogP contribution >= 0.6 is 0 Å². The third-order valence-electron chi connectivity index (χ3n) is 3.38. The van der Waals surface area contributed by atoms with E-state index in [0.29, 0.717) is 0 Å². The summed E-state index contributed by atoms with van der Waals surface area (Å²) in [6, 6.07) is 0. The molecular formula is C15H30N2O. The highest BCUT2D eigenvalue weighted by molar-refractivity contribution is 5.02. The molecular weight excluding hydrogens is 224 g/mol. The van der Waals surface area contributed by atoms with Gasteiger partial charge in [0.25, 0.3) is 0 Å². The van der Waals surface area contributed by atoms with Crippen molar-refractivity contribution in [2.45, 2.75) is 40.0 Å². The highest BCUT2D eigenvalue weighted by Crippen LogP contribution is 2.19. The third-order valence-corrected chi connectivity index (χ3v) is 3.38. The van der Waals surface area contributed by atoms with Gasteiger partial charge in [-0.3, -0.25) is 0 Å². The van der Waals surface area contributed by atoms with E-state index in [1.54, 1.807) is 7.11 Å². The van der Waals surface area contributed by atoms with Crippen LogP contribution in [-0.4, -0.2) is 38.3 Å². The molecule has 1 heterocycles. The molecule has 1 atom stereocenters. The van der Waals surface area contributed by atoms with Gasteiger partial charge in [-0.05, 0) is 37.2 Å². The van der Waals surface area contributed by atoms with Crippen LogP contribution in [0.15, 0.2) is 11.9 Å². The number of methoxy groups -OCH3 is 1. The van der Waals surface area contributed by atoms with Gasteiger partial charge in [0.2, 0.25) is 0 Å². The lowest BCUT2D eigenvalue weighted by atomic mass is 10.1. The van der Waals surface area contributed by atoms with Crippen LogP contribution < -0.4 is 5.32 Å². The summed E-state index contributed by atoms with van der Waals surface area (Å²) in [5.74, 6) is 2.89. The molecule has 0 spiro atoms. The molecule has 3 nitrogen and oxygen atoms in total. The molecule has 0 aliphatic carbocycles. The van der Waals surface area contributed by atoms with E-state index < -0.39 is 0 Å². The molecule has 106 valence electrons. The van der Waals surface area contributed by atoms with Gasteiger partial charge < -0.3 is 15.0 Å². The summed E-state index contributed by atoms with van der Waals surface area (Å²) < 4.78 is 5.09. The average Bonchev–Trinajstić information content (AvgIpc) is 2.74. The van der Waals surface area contributed by atoms with E-state index >= 15 is 0 Å². The van der Waals surface area contributed by atoms with Crippen molar-refractivity contribution in [3.05, 3.63) is 11.9 Å². The second-order valence-electron chi connectivity index (χ2n) is 5.83. The first kappa shape index (κ1) is 15.4. The molecule has 1 aliphatic rings. The fourth-order valence-electron chi connectivity index (χ4n) is 2.25. The summed E-state index contributed by atoms with van der Waals surface area (Å²) >= 11 is 0. The van der Waals surface area contributed by atoms with Gasteiger partial charge in [0.05, 0.1) is 5.82 Å². The standard InChI is InChI=1S/C15H30N2O/c1-13(2)6-7-15(16-9-5-11-18-4)17-10-8-14(3)12-17/h7,13-14,16H,5-6,8-12H2,1-4H3/b15-7+. The maximum atomic E-state index is 5.09. The van der Waals surface area contributed by atoms with Crippen LogP contribution in [0.1, 0.15) is 40.0 Å². The molecule has 0 aromatic heterocycles. The van der Waals surface area contributed by atoms with Gasteiger partial charge in [0.1, 0.15) is 0 Å². The first-order valence-corrected chi connectivity index (χ1v) is 7.31. The number of ether oxygens (including phenoxy) is 1. The predicted octanol–water partition coefficient (Wildman–Crippen LogP) is 2.84. The number of rotatable bonds is 8. The largest absolute Gasteiger partial charge is 0.385 e. The summed E-state index contributed by atoms with van der Waals surface area (Å²) in [6.45, 7) is 11.1. The Hall–Kier alpha value is -0.700. The Morgan fingerprint density at radius 1 is 1.50 bits per heavy atom. The first-order valence-electron chi connectivity index (χ1n) is 7.31. The minimum atomic E-state index is 0.723. The second-order valence-corrected chi connectivity index (χ2v) is 5.83. The van der Waals surface area contributed by atoms with Crippen molar-refractivity contribution in [1.82, 2.24) is 10.2 Å². The van der Waals surface area contributed by atoms with E-state index in [4.69, 9.17) is 4.74 Å². The average molecular weight is 254 g/mol. The van der Waals surface area contributed by atoms with Crippen molar-refractivity contribution < 1.29 is 4.74 Å². The van der Waals surface area contributed by atoms with Crippen molar-refractivity contribution in [2.24, 2.45) is 11.8 Å². The molecule has 1 saturated heterocycles. The Labute approximate surface area is 113 Å². The molecule has 0 radical (unpaired) electrons. The Morgan fingerprint density at radius 3 is 2.83 bits per heavy atom. The molecule has 0 aromatic rings.